The van der Waals surface area contributed by atoms with E-state index in [0.29, 0.717) is 16.9 Å². The fraction of sp³-hybridized carbons (Fsp3) is 0.0800. The Kier molecular flexibility index (Phi) is 5.54. The first-order valence-corrected chi connectivity index (χ1v) is 10.7. The number of allylic oxidation sites excluding steroid dienone is 1. The van der Waals surface area contributed by atoms with Gasteiger partial charge in [0.05, 0.1) is 10.5 Å². The molecule has 0 fully saturated rings. The van der Waals surface area contributed by atoms with Crippen molar-refractivity contribution in [2.24, 2.45) is 0 Å². The number of hydrogen-bond acceptors (Lipinski definition) is 6. The van der Waals surface area contributed by atoms with Crippen LogP contribution >= 0.6 is 0 Å². The zero-order valence-corrected chi connectivity index (χ0v) is 18.5. The Labute approximate surface area is 199 Å². The lowest BCUT2D eigenvalue weighted by Gasteiger charge is -2.28. The number of amides is 1. The second kappa shape index (κ2) is 8.82. The maximum Gasteiger partial charge on any atom is 0.270 e. The Morgan fingerprint density at radius 2 is 1.83 bits per heavy atom. The van der Waals surface area contributed by atoms with Gasteiger partial charge in [0.2, 0.25) is 5.95 Å². The molecular formula is C25H19FN6O3. The number of fused-ring (bicyclic) bond motifs is 1. The molecule has 0 bridgehead atoms. The van der Waals surface area contributed by atoms with Crippen molar-refractivity contribution in [1.82, 2.24) is 14.8 Å². The summed E-state index contributed by atoms with van der Waals surface area (Å²) in [5, 5.41) is 21.7. The summed E-state index contributed by atoms with van der Waals surface area (Å²) in [4.78, 5) is 28.6. The highest BCUT2D eigenvalue weighted by molar-refractivity contribution is 6.06. The number of hydrogen-bond donors (Lipinski definition) is 2. The molecule has 2 N–H and O–H groups in total. The number of rotatable bonds is 5. The largest absolute Gasteiger partial charge is 0.328 e. The number of para-hydroxylation sites is 1. The lowest BCUT2D eigenvalue weighted by atomic mass is 9.94. The third-order valence-electron chi connectivity index (χ3n) is 5.64. The van der Waals surface area contributed by atoms with Crippen LogP contribution in [0.1, 0.15) is 18.5 Å². The number of anilines is 2. The van der Waals surface area contributed by atoms with Crippen LogP contribution in [0.3, 0.4) is 0 Å². The van der Waals surface area contributed by atoms with E-state index >= 15 is 4.39 Å². The Balaban J connectivity index is 1.62. The van der Waals surface area contributed by atoms with Crippen LogP contribution in [0.4, 0.5) is 21.7 Å². The van der Waals surface area contributed by atoms with Gasteiger partial charge < -0.3 is 10.6 Å². The third-order valence-corrected chi connectivity index (χ3v) is 5.64. The fourth-order valence-corrected chi connectivity index (χ4v) is 4.03. The van der Waals surface area contributed by atoms with Crippen LogP contribution in [0.25, 0.3) is 11.4 Å². The molecule has 2 heterocycles. The number of nitro benzene ring substituents is 1. The zero-order valence-electron chi connectivity index (χ0n) is 18.5. The lowest BCUT2D eigenvalue weighted by Crippen LogP contribution is -2.32. The van der Waals surface area contributed by atoms with E-state index in [9.17, 15) is 14.9 Å². The minimum Gasteiger partial charge on any atom is -0.328 e. The van der Waals surface area contributed by atoms with Gasteiger partial charge in [-0.2, -0.15) is 4.98 Å². The molecule has 1 aliphatic rings. The van der Waals surface area contributed by atoms with Gasteiger partial charge in [-0.25, -0.2) is 9.07 Å². The van der Waals surface area contributed by atoms with Crippen molar-refractivity contribution in [3.8, 4) is 11.4 Å². The Bertz CT molecular complexity index is 1480. The second-order valence-electron chi connectivity index (χ2n) is 7.92. The summed E-state index contributed by atoms with van der Waals surface area (Å²) in [5.74, 6) is -0.438. The van der Waals surface area contributed by atoms with Crippen molar-refractivity contribution in [2.75, 3.05) is 10.6 Å². The molecule has 1 aromatic heterocycles. The molecule has 35 heavy (non-hydrogen) atoms. The van der Waals surface area contributed by atoms with Crippen molar-refractivity contribution in [3.63, 3.8) is 0 Å². The summed E-state index contributed by atoms with van der Waals surface area (Å²) in [6, 6.07) is 20.1. The standard InChI is InChI=1S/C25H19FN6O3/c1-15-21(24(33)28-17-9-3-2-4-10-17)22(19-12-5-6-13-20(19)26)31-25(27-15)29-23(30-31)16-8-7-11-18(14-16)32(34)35/h2-14,22H,1H3,(H,28,33)(H,27,29,30)/t22-/m0/s1. The molecule has 1 atom stereocenters. The highest BCUT2D eigenvalue weighted by Crippen LogP contribution is 2.38. The van der Waals surface area contributed by atoms with Crippen molar-refractivity contribution < 1.29 is 14.1 Å². The van der Waals surface area contributed by atoms with Gasteiger partial charge >= 0.3 is 0 Å². The number of non-ortho nitro benzene ring substituents is 1. The molecule has 1 aliphatic heterocycles. The number of benzene rings is 3. The van der Waals surface area contributed by atoms with Gasteiger partial charge in [-0.1, -0.05) is 48.5 Å². The molecule has 10 heteroatoms. The number of nitrogens with one attached hydrogen (secondary N) is 2. The molecule has 0 saturated carbocycles. The van der Waals surface area contributed by atoms with Gasteiger partial charge in [0.15, 0.2) is 5.82 Å². The number of nitro groups is 1. The lowest BCUT2D eigenvalue weighted by molar-refractivity contribution is -0.384. The number of aromatic nitrogens is 3. The van der Waals surface area contributed by atoms with Crippen LogP contribution < -0.4 is 10.6 Å². The Hall–Kier alpha value is -4.86. The molecule has 0 saturated heterocycles. The maximum atomic E-state index is 15.0. The van der Waals surface area contributed by atoms with E-state index in [2.05, 4.69) is 20.7 Å². The molecule has 9 nitrogen and oxygen atoms in total. The van der Waals surface area contributed by atoms with E-state index < -0.39 is 22.7 Å². The smallest absolute Gasteiger partial charge is 0.270 e. The van der Waals surface area contributed by atoms with E-state index in [1.807, 2.05) is 6.07 Å². The summed E-state index contributed by atoms with van der Waals surface area (Å²) in [6.07, 6.45) is 0. The SMILES string of the molecule is CC1=C(C(=O)Nc2ccccc2)[C@H](c2ccccc2F)n2nc(-c3cccc([N+](=O)[O-])c3)nc2N1. The predicted octanol–water partition coefficient (Wildman–Crippen LogP) is 4.92. The van der Waals surface area contributed by atoms with Gasteiger partial charge in [0.1, 0.15) is 11.9 Å². The molecule has 174 valence electrons. The average Bonchev–Trinajstić information content (AvgIpc) is 3.28. The van der Waals surface area contributed by atoms with Crippen molar-refractivity contribution >= 4 is 23.2 Å². The summed E-state index contributed by atoms with van der Waals surface area (Å²) < 4.78 is 16.4. The van der Waals surface area contributed by atoms with Crippen LogP contribution in [-0.4, -0.2) is 25.6 Å². The molecule has 0 spiro atoms. The van der Waals surface area contributed by atoms with Gasteiger partial charge in [-0.05, 0) is 25.1 Å². The number of carbonyl (C=O) groups is 1. The topological polar surface area (TPSA) is 115 Å². The van der Waals surface area contributed by atoms with Gasteiger partial charge in [-0.3, -0.25) is 14.9 Å². The third kappa shape index (κ3) is 4.12. The monoisotopic (exact) mass is 470 g/mol. The number of carbonyl (C=O) groups excluding carboxylic acids is 1. The highest BCUT2D eigenvalue weighted by atomic mass is 19.1. The minimum atomic E-state index is -0.920. The highest BCUT2D eigenvalue weighted by Gasteiger charge is 2.36. The Morgan fingerprint density at radius 1 is 1.09 bits per heavy atom. The molecule has 4 aromatic rings. The fourth-order valence-electron chi connectivity index (χ4n) is 4.03. The predicted molar refractivity (Wildman–Crippen MR) is 128 cm³/mol. The number of nitrogens with zero attached hydrogens (tertiary/aromatic N) is 4. The molecule has 3 aromatic carbocycles. The summed E-state index contributed by atoms with van der Waals surface area (Å²) in [5.41, 5.74) is 1.89. The maximum absolute atomic E-state index is 15.0. The van der Waals surface area contributed by atoms with Gasteiger partial charge in [-0.15, -0.1) is 5.10 Å². The van der Waals surface area contributed by atoms with E-state index in [1.54, 1.807) is 55.5 Å². The van der Waals surface area contributed by atoms with Crippen LogP contribution in [-0.2, 0) is 4.79 Å². The summed E-state index contributed by atoms with van der Waals surface area (Å²) >= 11 is 0. The first-order chi connectivity index (χ1) is 16.9. The molecule has 5 rings (SSSR count). The Morgan fingerprint density at radius 3 is 2.57 bits per heavy atom. The van der Waals surface area contributed by atoms with E-state index in [1.165, 1.54) is 28.9 Å². The van der Waals surface area contributed by atoms with Gasteiger partial charge in [0.25, 0.3) is 11.6 Å². The molecular weight excluding hydrogens is 451 g/mol. The van der Waals surface area contributed by atoms with E-state index in [0.717, 1.165) is 0 Å². The quantitative estimate of drug-likeness (QED) is 0.316. The van der Waals surface area contributed by atoms with Crippen LogP contribution in [0.15, 0.2) is 90.1 Å². The minimum absolute atomic E-state index is 0.105. The zero-order chi connectivity index (χ0) is 24.5. The van der Waals surface area contributed by atoms with Gasteiger partial charge in [0, 0.05) is 34.6 Å². The first-order valence-electron chi connectivity index (χ1n) is 10.7. The second-order valence-corrected chi connectivity index (χ2v) is 7.92. The van der Waals surface area contributed by atoms with E-state index in [-0.39, 0.29) is 28.6 Å². The normalized spacial score (nSPS) is 14.7. The number of halogens is 1. The molecule has 0 aliphatic carbocycles. The van der Waals surface area contributed by atoms with Crippen LogP contribution in [0.2, 0.25) is 0 Å². The first kappa shape index (κ1) is 22.0. The van der Waals surface area contributed by atoms with Crippen molar-refractivity contribution in [1.29, 1.82) is 0 Å². The summed E-state index contributed by atoms with van der Waals surface area (Å²) in [7, 11) is 0. The van der Waals surface area contributed by atoms with E-state index in [4.69, 9.17) is 0 Å². The molecule has 1 amide bonds. The average molecular weight is 470 g/mol. The van der Waals surface area contributed by atoms with Crippen molar-refractivity contribution in [2.45, 2.75) is 13.0 Å². The van der Waals surface area contributed by atoms with Crippen molar-refractivity contribution in [3.05, 3.63) is 112 Å². The van der Waals surface area contributed by atoms with Crippen LogP contribution in [0.5, 0.6) is 0 Å². The molecule has 0 radical (unpaired) electrons. The molecule has 0 unspecified atom stereocenters. The van der Waals surface area contributed by atoms with Crippen LogP contribution in [0, 0.1) is 15.9 Å². The summed E-state index contributed by atoms with van der Waals surface area (Å²) in [6.45, 7) is 1.71.